The van der Waals surface area contributed by atoms with E-state index in [0.29, 0.717) is 21.4 Å². The van der Waals surface area contributed by atoms with Crippen molar-refractivity contribution in [3.63, 3.8) is 0 Å². The zero-order chi connectivity index (χ0) is 19.2. The number of nitrogens with zero attached hydrogens (tertiary/aromatic N) is 2. The van der Waals surface area contributed by atoms with Gasteiger partial charge in [-0.2, -0.15) is 4.99 Å². The van der Waals surface area contributed by atoms with Gasteiger partial charge in [-0.3, -0.25) is 4.79 Å². The molecule has 1 amide bonds. The predicted molar refractivity (Wildman–Crippen MR) is 114 cm³/mol. The number of hydrogen-bond donors (Lipinski definition) is 0. The zero-order valence-corrected chi connectivity index (χ0v) is 17.9. The number of anilines is 1. The molecule has 140 valence electrons. The van der Waals surface area contributed by atoms with E-state index in [9.17, 15) is 13.2 Å². The highest BCUT2D eigenvalue weighted by Crippen LogP contribution is 2.43. The molecule has 2 saturated heterocycles. The largest absolute Gasteiger partial charge is 0.314 e. The van der Waals surface area contributed by atoms with Gasteiger partial charge in [-0.25, -0.2) is 8.42 Å². The molecule has 0 spiro atoms. The van der Waals surface area contributed by atoms with Gasteiger partial charge < -0.3 is 4.90 Å². The van der Waals surface area contributed by atoms with Crippen molar-refractivity contribution < 1.29 is 13.2 Å². The SMILES string of the molecule is O=C(N=C1S[C@@H]2CS(=O)(=O)C[C@@H]2N1c1ccc(Br)cc1Cl)c1ccccc1. The van der Waals surface area contributed by atoms with Crippen molar-refractivity contribution in [3.05, 3.63) is 63.6 Å². The second kappa shape index (κ2) is 7.24. The maximum absolute atomic E-state index is 12.6. The van der Waals surface area contributed by atoms with Gasteiger partial charge in [0.05, 0.1) is 28.3 Å². The maximum atomic E-state index is 12.6. The number of thioether (sulfide) groups is 1. The molecule has 5 nitrogen and oxygen atoms in total. The average molecular weight is 486 g/mol. The van der Waals surface area contributed by atoms with Gasteiger partial charge in [0.1, 0.15) is 0 Å². The molecule has 2 fully saturated rings. The third kappa shape index (κ3) is 3.81. The molecule has 2 aromatic rings. The number of carbonyl (C=O) groups is 1. The van der Waals surface area contributed by atoms with Crippen molar-refractivity contribution >= 4 is 65.9 Å². The molecule has 4 rings (SSSR count). The Morgan fingerprint density at radius 2 is 1.93 bits per heavy atom. The minimum absolute atomic E-state index is 0.0234. The number of amidine groups is 1. The normalized spacial score (nSPS) is 25.0. The van der Waals surface area contributed by atoms with E-state index in [1.54, 1.807) is 35.2 Å². The number of sulfone groups is 1. The summed E-state index contributed by atoms with van der Waals surface area (Å²) in [5, 5.41) is 0.782. The fraction of sp³-hybridized carbons (Fsp3) is 0.222. The first-order valence-electron chi connectivity index (χ1n) is 8.13. The van der Waals surface area contributed by atoms with Crippen molar-refractivity contribution in [1.29, 1.82) is 0 Å². The standard InChI is InChI=1S/C18H14BrClN2O3S2/c19-12-6-7-14(13(20)8-12)22-15-9-27(24,25)10-16(15)26-18(22)21-17(23)11-4-2-1-3-5-11/h1-8,15-16H,9-10H2/t15-,16+/m0/s1. The van der Waals surface area contributed by atoms with E-state index in [1.165, 1.54) is 11.8 Å². The average Bonchev–Trinajstić information content (AvgIpc) is 3.07. The molecule has 0 saturated carbocycles. The number of rotatable bonds is 2. The minimum Gasteiger partial charge on any atom is -0.314 e. The molecule has 27 heavy (non-hydrogen) atoms. The van der Waals surface area contributed by atoms with Crippen LogP contribution in [0.25, 0.3) is 0 Å². The molecule has 2 aliphatic heterocycles. The summed E-state index contributed by atoms with van der Waals surface area (Å²) >= 11 is 11.1. The van der Waals surface area contributed by atoms with Gasteiger partial charge in [-0.15, -0.1) is 0 Å². The molecule has 0 unspecified atom stereocenters. The van der Waals surface area contributed by atoms with Crippen LogP contribution >= 0.6 is 39.3 Å². The van der Waals surface area contributed by atoms with Crippen LogP contribution in [0.4, 0.5) is 5.69 Å². The van der Waals surface area contributed by atoms with Crippen molar-refractivity contribution in [2.75, 3.05) is 16.4 Å². The van der Waals surface area contributed by atoms with Crippen LogP contribution in [0.1, 0.15) is 10.4 Å². The second-order valence-corrected chi connectivity index (χ2v) is 11.0. The molecule has 0 N–H and O–H groups in total. The first-order chi connectivity index (χ1) is 12.8. The Morgan fingerprint density at radius 1 is 1.19 bits per heavy atom. The molecule has 2 aliphatic rings. The number of fused-ring (bicyclic) bond motifs is 1. The molecule has 0 bridgehead atoms. The highest BCUT2D eigenvalue weighted by Gasteiger charge is 2.49. The van der Waals surface area contributed by atoms with Gasteiger partial charge in [-0.1, -0.05) is 57.5 Å². The highest BCUT2D eigenvalue weighted by molar-refractivity contribution is 9.10. The summed E-state index contributed by atoms with van der Waals surface area (Å²) in [6.45, 7) is 0. The number of hydrogen-bond acceptors (Lipinski definition) is 4. The fourth-order valence-corrected chi connectivity index (χ4v) is 7.92. The third-order valence-corrected chi connectivity index (χ3v) is 8.46. The summed E-state index contributed by atoms with van der Waals surface area (Å²) < 4.78 is 25.1. The van der Waals surface area contributed by atoms with E-state index >= 15 is 0 Å². The van der Waals surface area contributed by atoms with E-state index in [1.807, 2.05) is 18.2 Å². The Morgan fingerprint density at radius 3 is 2.63 bits per heavy atom. The number of aliphatic imine (C=N–C) groups is 1. The molecule has 0 aromatic heterocycles. The summed E-state index contributed by atoms with van der Waals surface area (Å²) in [6.07, 6.45) is 0. The molecule has 2 aromatic carbocycles. The lowest BCUT2D eigenvalue weighted by atomic mass is 10.2. The smallest absolute Gasteiger partial charge is 0.279 e. The lowest BCUT2D eigenvalue weighted by Crippen LogP contribution is -2.37. The summed E-state index contributed by atoms with van der Waals surface area (Å²) in [4.78, 5) is 18.7. The fourth-order valence-electron chi connectivity index (χ4n) is 3.25. The maximum Gasteiger partial charge on any atom is 0.279 e. The van der Waals surface area contributed by atoms with E-state index in [4.69, 9.17) is 11.6 Å². The molecular weight excluding hydrogens is 472 g/mol. The van der Waals surface area contributed by atoms with Gasteiger partial charge in [-0.05, 0) is 30.3 Å². The lowest BCUT2D eigenvalue weighted by Gasteiger charge is -2.25. The van der Waals surface area contributed by atoms with Crippen LogP contribution in [0.2, 0.25) is 5.02 Å². The molecular formula is C18H14BrClN2O3S2. The van der Waals surface area contributed by atoms with Crippen molar-refractivity contribution in [1.82, 2.24) is 0 Å². The molecule has 2 heterocycles. The van der Waals surface area contributed by atoms with Crippen LogP contribution in [0, 0.1) is 0 Å². The van der Waals surface area contributed by atoms with E-state index < -0.39 is 9.84 Å². The molecule has 0 aliphatic carbocycles. The van der Waals surface area contributed by atoms with Gasteiger partial charge in [0.2, 0.25) is 0 Å². The second-order valence-electron chi connectivity index (χ2n) is 6.33. The Labute approximate surface area is 174 Å². The Bertz CT molecular complexity index is 1040. The number of halogens is 2. The molecule has 9 heteroatoms. The van der Waals surface area contributed by atoms with Crippen molar-refractivity contribution in [2.45, 2.75) is 11.3 Å². The Kier molecular flexibility index (Phi) is 5.09. The van der Waals surface area contributed by atoms with Crippen LogP contribution in [-0.4, -0.2) is 42.3 Å². The van der Waals surface area contributed by atoms with Gasteiger partial charge >= 0.3 is 0 Å². The molecule has 2 atom stereocenters. The van der Waals surface area contributed by atoms with Crippen molar-refractivity contribution in [3.8, 4) is 0 Å². The Balaban J connectivity index is 1.76. The van der Waals surface area contributed by atoms with Gasteiger partial charge in [0.25, 0.3) is 5.91 Å². The molecule has 0 radical (unpaired) electrons. The third-order valence-electron chi connectivity index (χ3n) is 4.45. The van der Waals surface area contributed by atoms with E-state index in [0.717, 1.165) is 4.47 Å². The lowest BCUT2D eigenvalue weighted by molar-refractivity contribution is 0.100. The quantitative estimate of drug-likeness (QED) is 0.643. The summed E-state index contributed by atoms with van der Waals surface area (Å²) in [5.41, 5.74) is 1.13. The minimum atomic E-state index is -3.13. The number of benzene rings is 2. The first kappa shape index (κ1) is 19.0. The van der Waals surface area contributed by atoms with Gasteiger partial charge in [0.15, 0.2) is 15.0 Å². The van der Waals surface area contributed by atoms with Crippen molar-refractivity contribution in [2.24, 2.45) is 4.99 Å². The van der Waals surface area contributed by atoms with E-state index in [2.05, 4.69) is 20.9 Å². The van der Waals surface area contributed by atoms with Crippen LogP contribution in [0.15, 0.2) is 58.0 Å². The summed E-state index contributed by atoms with van der Waals surface area (Å²) in [5.74, 6) is -0.264. The topological polar surface area (TPSA) is 66.8 Å². The van der Waals surface area contributed by atoms with Gasteiger partial charge in [0, 0.05) is 15.3 Å². The summed E-state index contributed by atoms with van der Waals surface area (Å²) in [6, 6.07) is 13.9. The first-order valence-corrected chi connectivity index (χ1v) is 12.0. The number of amides is 1. The highest BCUT2D eigenvalue weighted by atomic mass is 79.9. The summed E-state index contributed by atoms with van der Waals surface area (Å²) in [7, 11) is -3.13. The zero-order valence-electron chi connectivity index (χ0n) is 13.9. The monoisotopic (exact) mass is 484 g/mol. The predicted octanol–water partition coefficient (Wildman–Crippen LogP) is 4.02. The van der Waals surface area contributed by atoms with Crippen LogP contribution < -0.4 is 4.90 Å². The van der Waals surface area contributed by atoms with Crippen LogP contribution in [0.3, 0.4) is 0 Å². The van der Waals surface area contributed by atoms with E-state index in [-0.39, 0.29) is 28.7 Å². The van der Waals surface area contributed by atoms with Crippen LogP contribution in [-0.2, 0) is 9.84 Å². The number of carbonyl (C=O) groups excluding carboxylic acids is 1. The van der Waals surface area contributed by atoms with Crippen LogP contribution in [0.5, 0.6) is 0 Å². The Hall–Kier alpha value is -1.35.